The quantitative estimate of drug-likeness (QED) is 0.710. The third kappa shape index (κ3) is 2.07. The maximum absolute atomic E-state index is 13.8. The Bertz CT molecular complexity index is 674. The molecule has 2 heterocycles. The summed E-state index contributed by atoms with van der Waals surface area (Å²) < 4.78 is 105. The summed E-state index contributed by atoms with van der Waals surface area (Å²) in [5.74, 6) is -19.6. The van der Waals surface area contributed by atoms with Crippen LogP contribution in [0.1, 0.15) is 21.6 Å². The van der Waals surface area contributed by atoms with E-state index in [2.05, 4.69) is 0 Å². The molecule has 0 radical (unpaired) electrons. The smallest absolute Gasteiger partial charge is 0.345 e. The zero-order chi connectivity index (χ0) is 17.2. The molecule has 0 unspecified atom stereocenters. The standard InChI is InChI=1S/C13H9F7O2S/c1-5-6(4-7(23-5)10-21-2-3-22-10)8-9(14)12(17,18)13(19,20)11(8,15)16/h4,10H,2-3H2,1H3. The average Bonchev–Trinajstić information content (AvgIpc) is 3.09. The van der Waals surface area contributed by atoms with Crippen molar-refractivity contribution >= 4 is 16.9 Å². The fourth-order valence-corrected chi connectivity index (χ4v) is 3.50. The fourth-order valence-electron chi connectivity index (χ4n) is 2.47. The third-order valence-corrected chi connectivity index (χ3v) is 4.73. The zero-order valence-corrected chi connectivity index (χ0v) is 12.3. The van der Waals surface area contributed by atoms with Gasteiger partial charge in [0.15, 0.2) is 12.1 Å². The Balaban J connectivity index is 2.12. The number of alkyl halides is 6. The molecule has 1 aromatic rings. The summed E-state index contributed by atoms with van der Waals surface area (Å²) in [6.45, 7) is 1.71. The molecule has 0 atom stereocenters. The van der Waals surface area contributed by atoms with Gasteiger partial charge in [-0.15, -0.1) is 11.3 Å². The highest BCUT2D eigenvalue weighted by molar-refractivity contribution is 7.12. The Morgan fingerprint density at radius 2 is 1.61 bits per heavy atom. The predicted octanol–water partition coefficient (Wildman–Crippen LogP) is 4.70. The molecule has 10 heteroatoms. The second-order valence-electron chi connectivity index (χ2n) is 5.10. The molecule has 0 amide bonds. The molecule has 0 saturated carbocycles. The van der Waals surface area contributed by atoms with Gasteiger partial charge >= 0.3 is 17.8 Å². The van der Waals surface area contributed by atoms with Crippen LogP contribution in [-0.2, 0) is 9.47 Å². The number of allylic oxidation sites excluding steroid dienone is 2. The summed E-state index contributed by atoms with van der Waals surface area (Å²) >= 11 is 0.828. The molecule has 2 nitrogen and oxygen atoms in total. The number of thiophene rings is 1. The van der Waals surface area contributed by atoms with Gasteiger partial charge in [0.1, 0.15) is 0 Å². The monoisotopic (exact) mass is 362 g/mol. The topological polar surface area (TPSA) is 18.5 Å². The third-order valence-electron chi connectivity index (χ3n) is 3.66. The Morgan fingerprint density at radius 1 is 1.04 bits per heavy atom. The minimum absolute atomic E-state index is 0.0163. The van der Waals surface area contributed by atoms with E-state index < -0.39 is 41.0 Å². The number of aryl methyl sites for hydroxylation is 1. The molecule has 1 aromatic heterocycles. The van der Waals surface area contributed by atoms with Crippen molar-refractivity contribution in [3.8, 4) is 0 Å². The minimum Gasteiger partial charge on any atom is -0.345 e. The Kier molecular flexibility index (Phi) is 3.59. The second-order valence-corrected chi connectivity index (χ2v) is 6.39. The van der Waals surface area contributed by atoms with Crippen molar-refractivity contribution in [3.63, 3.8) is 0 Å². The van der Waals surface area contributed by atoms with E-state index in [1.165, 1.54) is 6.92 Å². The van der Waals surface area contributed by atoms with Gasteiger partial charge in [0, 0.05) is 10.4 Å². The predicted molar refractivity (Wildman–Crippen MR) is 66.6 cm³/mol. The zero-order valence-electron chi connectivity index (χ0n) is 11.4. The Labute approximate surface area is 129 Å². The first-order valence-corrected chi connectivity index (χ1v) is 7.21. The lowest BCUT2D eigenvalue weighted by Gasteiger charge is -2.24. The lowest BCUT2D eigenvalue weighted by molar-refractivity contribution is -0.263. The maximum atomic E-state index is 13.8. The van der Waals surface area contributed by atoms with Crippen molar-refractivity contribution in [3.05, 3.63) is 27.2 Å². The van der Waals surface area contributed by atoms with Gasteiger partial charge in [0.25, 0.3) is 0 Å². The summed E-state index contributed by atoms with van der Waals surface area (Å²) in [7, 11) is 0. The Morgan fingerprint density at radius 3 is 2.09 bits per heavy atom. The van der Waals surface area contributed by atoms with Gasteiger partial charge in [-0.2, -0.15) is 26.3 Å². The van der Waals surface area contributed by atoms with Crippen LogP contribution in [-0.4, -0.2) is 31.0 Å². The lowest BCUT2D eigenvalue weighted by Crippen LogP contribution is -2.48. The van der Waals surface area contributed by atoms with Crippen LogP contribution in [0.3, 0.4) is 0 Å². The molecule has 1 fully saturated rings. The van der Waals surface area contributed by atoms with Crippen LogP contribution >= 0.6 is 11.3 Å². The molecular weight excluding hydrogens is 353 g/mol. The van der Waals surface area contributed by atoms with Crippen LogP contribution in [0.5, 0.6) is 0 Å². The van der Waals surface area contributed by atoms with Crippen molar-refractivity contribution in [1.29, 1.82) is 0 Å². The van der Waals surface area contributed by atoms with Crippen LogP contribution in [0.25, 0.3) is 5.57 Å². The lowest BCUT2D eigenvalue weighted by atomic mass is 10.0. The first kappa shape index (κ1) is 16.7. The first-order valence-electron chi connectivity index (χ1n) is 6.40. The van der Waals surface area contributed by atoms with E-state index in [1.54, 1.807) is 0 Å². The van der Waals surface area contributed by atoms with Crippen molar-refractivity contribution in [2.24, 2.45) is 0 Å². The molecule has 0 bridgehead atoms. The van der Waals surface area contributed by atoms with Crippen molar-refractivity contribution in [2.45, 2.75) is 31.0 Å². The van der Waals surface area contributed by atoms with Gasteiger partial charge < -0.3 is 9.47 Å². The maximum Gasteiger partial charge on any atom is 0.383 e. The van der Waals surface area contributed by atoms with E-state index in [4.69, 9.17) is 9.47 Å². The van der Waals surface area contributed by atoms with Crippen LogP contribution in [0.4, 0.5) is 30.7 Å². The molecule has 1 saturated heterocycles. The number of ether oxygens (including phenoxy) is 2. The van der Waals surface area contributed by atoms with Gasteiger partial charge in [-0.05, 0) is 13.0 Å². The second kappa shape index (κ2) is 4.93. The molecule has 128 valence electrons. The molecular formula is C13H9F7O2S. The van der Waals surface area contributed by atoms with Crippen molar-refractivity contribution in [2.75, 3.05) is 13.2 Å². The molecule has 1 aliphatic carbocycles. The van der Waals surface area contributed by atoms with E-state index >= 15 is 0 Å². The average molecular weight is 362 g/mol. The van der Waals surface area contributed by atoms with Crippen LogP contribution in [0.2, 0.25) is 0 Å². The first-order chi connectivity index (χ1) is 10.5. The number of hydrogen-bond donors (Lipinski definition) is 0. The van der Waals surface area contributed by atoms with E-state index in [1.807, 2.05) is 0 Å². The molecule has 23 heavy (non-hydrogen) atoms. The largest absolute Gasteiger partial charge is 0.383 e. The minimum atomic E-state index is -5.84. The molecule has 3 rings (SSSR count). The molecule has 0 N–H and O–H groups in total. The molecule has 0 spiro atoms. The van der Waals surface area contributed by atoms with Gasteiger partial charge in [0.2, 0.25) is 0 Å². The van der Waals surface area contributed by atoms with Crippen molar-refractivity contribution < 1.29 is 40.2 Å². The van der Waals surface area contributed by atoms with Gasteiger partial charge in [-0.1, -0.05) is 0 Å². The van der Waals surface area contributed by atoms with Gasteiger partial charge in [-0.25, -0.2) is 4.39 Å². The molecule has 0 aromatic carbocycles. The number of hydrogen-bond acceptors (Lipinski definition) is 3. The normalized spacial score (nSPS) is 26.3. The van der Waals surface area contributed by atoms with Crippen molar-refractivity contribution in [1.82, 2.24) is 0 Å². The Hall–Kier alpha value is -1.13. The molecule has 2 aliphatic rings. The van der Waals surface area contributed by atoms with E-state index in [9.17, 15) is 30.7 Å². The molecule has 1 aliphatic heterocycles. The highest BCUT2D eigenvalue weighted by atomic mass is 32.1. The van der Waals surface area contributed by atoms with Crippen LogP contribution < -0.4 is 0 Å². The van der Waals surface area contributed by atoms with E-state index in [-0.39, 0.29) is 23.0 Å². The summed E-state index contributed by atoms with van der Waals surface area (Å²) in [5.41, 5.74) is -2.67. The summed E-state index contributed by atoms with van der Waals surface area (Å²) in [6.07, 6.45) is -0.910. The van der Waals surface area contributed by atoms with Gasteiger partial charge in [-0.3, -0.25) is 0 Å². The SMILES string of the molecule is Cc1sc(C2OCCO2)cc1C1=C(F)C(F)(F)C(F)(F)C1(F)F. The summed E-state index contributed by atoms with van der Waals surface area (Å²) in [6, 6.07) is 0.927. The fraction of sp³-hybridized carbons (Fsp3) is 0.538. The highest BCUT2D eigenvalue weighted by Gasteiger charge is 2.81. The number of halogens is 7. The highest BCUT2D eigenvalue weighted by Crippen LogP contribution is 2.63. The summed E-state index contributed by atoms with van der Waals surface area (Å²) in [4.78, 5) is 0.196. The van der Waals surface area contributed by atoms with Gasteiger partial charge in [0.05, 0.1) is 23.7 Å². The van der Waals surface area contributed by atoms with E-state index in [0.717, 1.165) is 17.4 Å². The van der Waals surface area contributed by atoms with Crippen LogP contribution in [0.15, 0.2) is 11.9 Å². The summed E-state index contributed by atoms with van der Waals surface area (Å²) in [5, 5.41) is 0. The number of rotatable bonds is 2. The van der Waals surface area contributed by atoms with E-state index in [0.29, 0.717) is 0 Å². The van der Waals surface area contributed by atoms with Crippen LogP contribution in [0, 0.1) is 6.92 Å².